The fourth-order valence-electron chi connectivity index (χ4n) is 2.99. The number of hydrogen-bond donors (Lipinski definition) is 1. The first-order valence-corrected chi connectivity index (χ1v) is 6.95. The Kier molecular flexibility index (Phi) is 3.30. The molecule has 0 amide bonds. The number of rotatable bonds is 3. The van der Waals surface area contributed by atoms with Crippen molar-refractivity contribution >= 4 is 16.7 Å². The zero-order chi connectivity index (χ0) is 14.1. The number of pyridine rings is 1. The summed E-state index contributed by atoms with van der Waals surface area (Å²) in [5.41, 5.74) is 0.718. The Bertz CT molecular complexity index is 711. The minimum absolute atomic E-state index is 0.0131. The highest BCUT2D eigenvalue weighted by Gasteiger charge is 2.26. The number of para-hydroxylation sites is 1. The van der Waals surface area contributed by atoms with Gasteiger partial charge in [-0.2, -0.15) is 0 Å². The minimum Gasteiger partial charge on any atom is -0.495 e. The Morgan fingerprint density at radius 3 is 2.75 bits per heavy atom. The van der Waals surface area contributed by atoms with Gasteiger partial charge < -0.3 is 9.72 Å². The number of hydrogen-bond acceptors (Lipinski definition) is 3. The van der Waals surface area contributed by atoms with E-state index in [0.717, 1.165) is 25.7 Å². The van der Waals surface area contributed by atoms with Crippen molar-refractivity contribution in [2.24, 2.45) is 5.92 Å². The van der Waals surface area contributed by atoms with Gasteiger partial charge in [0.25, 0.3) is 0 Å². The van der Waals surface area contributed by atoms with Crippen molar-refractivity contribution in [1.82, 2.24) is 4.98 Å². The van der Waals surface area contributed by atoms with Crippen LogP contribution in [0.3, 0.4) is 0 Å². The number of benzene rings is 1. The predicted octanol–water partition coefficient (Wildman–Crippen LogP) is 2.91. The van der Waals surface area contributed by atoms with Gasteiger partial charge in [-0.25, -0.2) is 0 Å². The van der Waals surface area contributed by atoms with Crippen LogP contribution in [0.1, 0.15) is 36.0 Å². The lowest BCUT2D eigenvalue weighted by molar-refractivity contribution is 0.0921. The molecule has 1 aromatic heterocycles. The first-order valence-electron chi connectivity index (χ1n) is 6.95. The summed E-state index contributed by atoms with van der Waals surface area (Å²) in [6.45, 7) is 0. The molecule has 1 heterocycles. The van der Waals surface area contributed by atoms with E-state index in [1.54, 1.807) is 25.3 Å². The summed E-state index contributed by atoms with van der Waals surface area (Å²) in [5.74, 6) is 0.604. The summed E-state index contributed by atoms with van der Waals surface area (Å²) in [7, 11) is 1.56. The molecule has 0 radical (unpaired) electrons. The SMILES string of the molecule is COc1cccc2c(=O)c(C(=O)C3CCCC3)c[nH]c12. The van der Waals surface area contributed by atoms with E-state index in [-0.39, 0.29) is 22.7 Å². The smallest absolute Gasteiger partial charge is 0.200 e. The second kappa shape index (κ2) is 5.12. The first kappa shape index (κ1) is 12.9. The van der Waals surface area contributed by atoms with Crippen LogP contribution in [0.25, 0.3) is 10.9 Å². The van der Waals surface area contributed by atoms with Gasteiger partial charge in [0.15, 0.2) is 11.2 Å². The predicted molar refractivity (Wildman–Crippen MR) is 77.4 cm³/mol. The molecule has 0 unspecified atom stereocenters. The van der Waals surface area contributed by atoms with Gasteiger partial charge in [0.2, 0.25) is 0 Å². The van der Waals surface area contributed by atoms with E-state index >= 15 is 0 Å². The number of carbonyl (C=O) groups is 1. The van der Waals surface area contributed by atoms with E-state index in [1.165, 1.54) is 6.20 Å². The van der Waals surface area contributed by atoms with Crippen LogP contribution in [-0.2, 0) is 0 Å². The van der Waals surface area contributed by atoms with E-state index in [4.69, 9.17) is 4.74 Å². The monoisotopic (exact) mass is 271 g/mol. The molecular weight excluding hydrogens is 254 g/mol. The molecule has 1 aliphatic carbocycles. The van der Waals surface area contributed by atoms with Crippen LogP contribution in [0.5, 0.6) is 5.75 Å². The van der Waals surface area contributed by atoms with Gasteiger partial charge in [-0.1, -0.05) is 18.9 Å². The quantitative estimate of drug-likeness (QED) is 0.873. The maximum atomic E-state index is 12.5. The van der Waals surface area contributed by atoms with Crippen molar-refractivity contribution < 1.29 is 9.53 Å². The van der Waals surface area contributed by atoms with Gasteiger partial charge in [0, 0.05) is 12.1 Å². The lowest BCUT2D eigenvalue weighted by Crippen LogP contribution is -2.21. The van der Waals surface area contributed by atoms with E-state index in [1.807, 2.05) is 0 Å². The third-order valence-electron chi connectivity index (χ3n) is 4.09. The van der Waals surface area contributed by atoms with E-state index < -0.39 is 0 Å². The molecule has 0 saturated heterocycles. The molecular formula is C16H17NO3. The highest BCUT2D eigenvalue weighted by Crippen LogP contribution is 2.28. The van der Waals surface area contributed by atoms with Gasteiger partial charge in [0.1, 0.15) is 5.75 Å². The van der Waals surface area contributed by atoms with Crippen molar-refractivity contribution in [2.75, 3.05) is 7.11 Å². The Morgan fingerprint density at radius 2 is 2.05 bits per heavy atom. The standard InChI is InChI=1S/C16H17NO3/c1-20-13-8-4-7-11-14(13)17-9-12(16(11)19)15(18)10-5-2-3-6-10/h4,7-10H,2-3,5-6H2,1H3,(H,17,19). The molecule has 2 aromatic rings. The lowest BCUT2D eigenvalue weighted by atomic mass is 9.96. The Balaban J connectivity index is 2.12. The van der Waals surface area contributed by atoms with Crippen molar-refractivity contribution in [2.45, 2.75) is 25.7 Å². The van der Waals surface area contributed by atoms with Crippen LogP contribution in [0.2, 0.25) is 0 Å². The molecule has 0 bridgehead atoms. The average molecular weight is 271 g/mol. The number of methoxy groups -OCH3 is 1. The maximum Gasteiger partial charge on any atom is 0.200 e. The van der Waals surface area contributed by atoms with Crippen LogP contribution in [0.15, 0.2) is 29.2 Å². The van der Waals surface area contributed by atoms with E-state index in [0.29, 0.717) is 16.7 Å². The number of carbonyl (C=O) groups excluding carboxylic acids is 1. The van der Waals surface area contributed by atoms with Crippen LogP contribution in [0, 0.1) is 5.92 Å². The van der Waals surface area contributed by atoms with Crippen LogP contribution < -0.4 is 10.2 Å². The van der Waals surface area contributed by atoms with Crippen LogP contribution in [0.4, 0.5) is 0 Å². The van der Waals surface area contributed by atoms with Crippen molar-refractivity contribution in [1.29, 1.82) is 0 Å². The molecule has 104 valence electrons. The van der Waals surface area contributed by atoms with Crippen molar-refractivity contribution in [3.05, 3.63) is 40.2 Å². The molecule has 4 heteroatoms. The van der Waals surface area contributed by atoms with Gasteiger partial charge in [0.05, 0.1) is 23.6 Å². The Morgan fingerprint density at radius 1 is 1.30 bits per heavy atom. The minimum atomic E-state index is -0.199. The molecule has 1 aromatic carbocycles. The number of ether oxygens (including phenoxy) is 1. The molecule has 1 N–H and O–H groups in total. The average Bonchev–Trinajstić information content (AvgIpc) is 3.01. The molecule has 1 aliphatic rings. The van der Waals surface area contributed by atoms with Crippen LogP contribution in [-0.4, -0.2) is 17.9 Å². The molecule has 0 spiro atoms. The number of aromatic amines is 1. The number of H-pyrrole nitrogens is 1. The number of ketones is 1. The lowest BCUT2D eigenvalue weighted by Gasteiger charge is -2.09. The van der Waals surface area contributed by atoms with Gasteiger partial charge >= 0.3 is 0 Å². The molecule has 20 heavy (non-hydrogen) atoms. The number of nitrogens with one attached hydrogen (secondary N) is 1. The third kappa shape index (κ3) is 2.01. The highest BCUT2D eigenvalue weighted by atomic mass is 16.5. The van der Waals surface area contributed by atoms with Gasteiger partial charge in [-0.3, -0.25) is 9.59 Å². The third-order valence-corrected chi connectivity index (χ3v) is 4.09. The molecule has 1 fully saturated rings. The van der Waals surface area contributed by atoms with Crippen molar-refractivity contribution in [3.8, 4) is 5.75 Å². The normalized spacial score (nSPS) is 15.7. The first-order chi connectivity index (χ1) is 9.72. The van der Waals surface area contributed by atoms with Gasteiger partial charge in [-0.15, -0.1) is 0 Å². The largest absolute Gasteiger partial charge is 0.495 e. The fraction of sp³-hybridized carbons (Fsp3) is 0.375. The molecule has 0 atom stereocenters. The summed E-state index contributed by atoms with van der Waals surface area (Å²) < 4.78 is 5.23. The molecule has 3 rings (SSSR count). The molecule has 1 saturated carbocycles. The topological polar surface area (TPSA) is 59.2 Å². The van der Waals surface area contributed by atoms with E-state index in [2.05, 4.69) is 4.98 Å². The second-order valence-corrected chi connectivity index (χ2v) is 5.26. The zero-order valence-corrected chi connectivity index (χ0v) is 11.4. The summed E-state index contributed by atoms with van der Waals surface area (Å²) in [4.78, 5) is 28.0. The number of fused-ring (bicyclic) bond motifs is 1. The molecule has 4 nitrogen and oxygen atoms in total. The summed E-state index contributed by atoms with van der Waals surface area (Å²) in [6, 6.07) is 5.28. The summed E-state index contributed by atoms with van der Waals surface area (Å²) in [5, 5.41) is 0.508. The summed E-state index contributed by atoms with van der Waals surface area (Å²) in [6.07, 6.45) is 5.49. The fourth-order valence-corrected chi connectivity index (χ4v) is 2.99. The Labute approximate surface area is 116 Å². The maximum absolute atomic E-state index is 12.5. The zero-order valence-electron chi connectivity index (χ0n) is 11.4. The van der Waals surface area contributed by atoms with E-state index in [9.17, 15) is 9.59 Å². The second-order valence-electron chi connectivity index (χ2n) is 5.26. The van der Waals surface area contributed by atoms with Crippen molar-refractivity contribution in [3.63, 3.8) is 0 Å². The Hall–Kier alpha value is -2.10. The highest BCUT2D eigenvalue weighted by molar-refractivity contribution is 6.00. The molecule has 0 aliphatic heterocycles. The number of Topliss-reactive ketones (excluding diaryl/α,β-unsaturated/α-hetero) is 1. The van der Waals surface area contributed by atoms with Crippen LogP contribution >= 0.6 is 0 Å². The van der Waals surface area contributed by atoms with Gasteiger partial charge in [-0.05, 0) is 25.0 Å². The number of aromatic nitrogens is 1. The summed E-state index contributed by atoms with van der Waals surface area (Å²) >= 11 is 0.